The number of nitrogens with one attached hydrogen (secondary N) is 2. The van der Waals surface area contributed by atoms with Crippen molar-refractivity contribution in [2.75, 3.05) is 5.32 Å². The Morgan fingerprint density at radius 1 is 1.32 bits per heavy atom. The van der Waals surface area contributed by atoms with Gasteiger partial charge in [0.25, 0.3) is 10.8 Å². The Morgan fingerprint density at radius 2 is 2.05 bits per heavy atom. The third-order valence-electron chi connectivity index (χ3n) is 2.67. The fourth-order valence-electron chi connectivity index (χ4n) is 1.85. The molecule has 0 aliphatic carbocycles. The molecule has 98 valence electrons. The molecule has 2 N–H and O–H groups in total. The molecule has 0 bridgehead atoms. The number of nitrogens with zero attached hydrogens (tertiary/aromatic N) is 1. The Bertz CT molecular complexity index is 695. The maximum Gasteiger partial charge on any atom is 0.280 e. The lowest BCUT2D eigenvalue weighted by Gasteiger charge is -2.11. The fourth-order valence-corrected chi connectivity index (χ4v) is 1.97. The van der Waals surface area contributed by atoms with Gasteiger partial charge in [-0.25, -0.2) is 5.10 Å². The number of hydrogen-bond donors (Lipinski definition) is 3. The predicted molar refractivity (Wildman–Crippen MR) is 77.8 cm³/mol. The second-order valence-electron chi connectivity index (χ2n) is 4.24. The smallest absolute Gasteiger partial charge is 0.280 e. The molecule has 0 radical (unpaired) electrons. The highest BCUT2D eigenvalue weighted by atomic mass is 32.1. The fraction of sp³-hybridized carbons (Fsp3) is 0.154. The van der Waals surface area contributed by atoms with Crippen molar-refractivity contribution in [3.8, 4) is 11.3 Å². The highest BCUT2D eigenvalue weighted by Crippen LogP contribution is 2.29. The number of benzene rings is 1. The van der Waals surface area contributed by atoms with E-state index < -0.39 is 5.24 Å². The van der Waals surface area contributed by atoms with Crippen molar-refractivity contribution in [3.05, 3.63) is 45.7 Å². The first-order chi connectivity index (χ1) is 8.97. The first kappa shape index (κ1) is 13.4. The van der Waals surface area contributed by atoms with Crippen LogP contribution < -0.4 is 10.9 Å². The van der Waals surface area contributed by atoms with E-state index in [-0.39, 0.29) is 5.56 Å². The molecule has 0 aliphatic heterocycles. The highest BCUT2D eigenvalue weighted by Gasteiger charge is 2.11. The van der Waals surface area contributed by atoms with E-state index in [0.29, 0.717) is 11.4 Å². The third kappa shape index (κ3) is 3.03. The number of H-pyrrole nitrogens is 1. The van der Waals surface area contributed by atoms with Gasteiger partial charge in [0, 0.05) is 11.6 Å². The van der Waals surface area contributed by atoms with Crippen LogP contribution in [-0.4, -0.2) is 15.4 Å². The van der Waals surface area contributed by atoms with E-state index >= 15 is 0 Å². The number of rotatable bonds is 2. The maximum absolute atomic E-state index is 11.2. The Kier molecular flexibility index (Phi) is 3.71. The van der Waals surface area contributed by atoms with Crippen molar-refractivity contribution in [2.45, 2.75) is 13.8 Å². The second kappa shape index (κ2) is 5.27. The number of thiol groups is 1. The summed E-state index contributed by atoms with van der Waals surface area (Å²) in [6, 6.07) is 7.06. The van der Waals surface area contributed by atoms with Crippen molar-refractivity contribution in [2.24, 2.45) is 0 Å². The van der Waals surface area contributed by atoms with Crippen molar-refractivity contribution in [3.63, 3.8) is 0 Å². The normalized spacial score (nSPS) is 10.3. The van der Waals surface area contributed by atoms with E-state index in [1.165, 1.54) is 6.07 Å². The minimum absolute atomic E-state index is 0.256. The lowest BCUT2D eigenvalue weighted by molar-refractivity contribution is 0.270. The first-order valence-corrected chi connectivity index (χ1v) is 6.09. The predicted octanol–water partition coefficient (Wildman–Crippen LogP) is 2.52. The number of hydrogen-bond acceptors (Lipinski definition) is 3. The van der Waals surface area contributed by atoms with Gasteiger partial charge in [-0.05, 0) is 31.0 Å². The van der Waals surface area contributed by atoms with E-state index in [2.05, 4.69) is 28.1 Å². The van der Waals surface area contributed by atoms with E-state index in [9.17, 15) is 9.59 Å². The molecule has 0 aliphatic rings. The van der Waals surface area contributed by atoms with Crippen LogP contribution in [0.3, 0.4) is 0 Å². The van der Waals surface area contributed by atoms with Crippen LogP contribution in [0, 0.1) is 13.8 Å². The summed E-state index contributed by atoms with van der Waals surface area (Å²) >= 11 is 3.72. The lowest BCUT2D eigenvalue weighted by atomic mass is 10.0. The van der Waals surface area contributed by atoms with Crippen LogP contribution in [0.5, 0.6) is 0 Å². The van der Waals surface area contributed by atoms with Crippen LogP contribution in [-0.2, 0) is 0 Å². The molecule has 0 saturated heterocycles. The average molecular weight is 275 g/mol. The van der Waals surface area contributed by atoms with Gasteiger partial charge in [0.15, 0.2) is 0 Å². The van der Waals surface area contributed by atoms with Gasteiger partial charge in [0.2, 0.25) is 0 Å². The number of aryl methyl sites for hydroxylation is 2. The quantitative estimate of drug-likeness (QED) is 0.737. The monoisotopic (exact) mass is 275 g/mol. The van der Waals surface area contributed by atoms with E-state index in [1.54, 1.807) is 6.92 Å². The van der Waals surface area contributed by atoms with Crippen molar-refractivity contribution < 1.29 is 4.79 Å². The summed E-state index contributed by atoms with van der Waals surface area (Å²) in [6.07, 6.45) is 0. The van der Waals surface area contributed by atoms with Gasteiger partial charge in [-0.2, -0.15) is 5.10 Å². The molecule has 1 amide bonds. The Balaban J connectivity index is 2.60. The molecule has 2 aromatic rings. The van der Waals surface area contributed by atoms with Gasteiger partial charge in [0.1, 0.15) is 0 Å². The van der Waals surface area contributed by atoms with Gasteiger partial charge in [-0.15, -0.1) is 0 Å². The third-order valence-corrected chi connectivity index (χ3v) is 2.78. The summed E-state index contributed by atoms with van der Waals surface area (Å²) in [6.45, 7) is 3.72. The lowest BCUT2D eigenvalue weighted by Crippen LogP contribution is -2.10. The molecule has 0 spiro atoms. The molecule has 0 fully saturated rings. The Morgan fingerprint density at radius 3 is 2.68 bits per heavy atom. The minimum Gasteiger partial charge on any atom is -0.316 e. The molecule has 5 nitrogen and oxygen atoms in total. The van der Waals surface area contributed by atoms with E-state index in [0.717, 1.165) is 16.7 Å². The van der Waals surface area contributed by atoms with Gasteiger partial charge in [-0.1, -0.05) is 24.8 Å². The maximum atomic E-state index is 11.2. The number of anilines is 1. The molecule has 1 aromatic heterocycles. The average Bonchev–Trinajstić information content (AvgIpc) is 2.30. The molecule has 6 heteroatoms. The highest BCUT2D eigenvalue weighted by molar-refractivity contribution is 7.96. The van der Waals surface area contributed by atoms with E-state index in [1.807, 2.05) is 25.1 Å². The SMILES string of the molecule is Cc1ccc(-c2n[nH]c(=O)cc2C)c(NC(=O)S)c1. The number of amides is 1. The van der Waals surface area contributed by atoms with Crippen LogP contribution >= 0.6 is 12.6 Å². The zero-order valence-corrected chi connectivity index (χ0v) is 11.4. The van der Waals surface area contributed by atoms with Crippen LogP contribution in [0.15, 0.2) is 29.1 Å². The summed E-state index contributed by atoms with van der Waals surface area (Å²) in [5, 5.41) is 8.63. The topological polar surface area (TPSA) is 74.8 Å². The molecule has 0 unspecified atom stereocenters. The molecule has 1 heterocycles. The number of carbonyl (C=O) groups excluding carboxylic acids is 1. The summed E-state index contributed by atoms with van der Waals surface area (Å²) < 4.78 is 0. The van der Waals surface area contributed by atoms with Crippen LogP contribution in [0.1, 0.15) is 11.1 Å². The molecular formula is C13H13N3O2S. The van der Waals surface area contributed by atoms with Crippen molar-refractivity contribution in [1.82, 2.24) is 10.2 Å². The van der Waals surface area contributed by atoms with Crippen LogP contribution in [0.2, 0.25) is 0 Å². The van der Waals surface area contributed by atoms with Gasteiger partial charge in [-0.3, -0.25) is 9.59 Å². The second-order valence-corrected chi connectivity index (χ2v) is 4.65. The molecule has 19 heavy (non-hydrogen) atoms. The Hall–Kier alpha value is -2.08. The molecule has 0 atom stereocenters. The molecular weight excluding hydrogens is 262 g/mol. The summed E-state index contributed by atoms with van der Waals surface area (Å²) in [7, 11) is 0. The summed E-state index contributed by atoms with van der Waals surface area (Å²) in [5.74, 6) is 0. The van der Waals surface area contributed by atoms with Crippen molar-refractivity contribution in [1.29, 1.82) is 0 Å². The van der Waals surface area contributed by atoms with Gasteiger partial charge >= 0.3 is 0 Å². The van der Waals surface area contributed by atoms with Gasteiger partial charge in [0.05, 0.1) is 11.4 Å². The summed E-state index contributed by atoms with van der Waals surface area (Å²) in [4.78, 5) is 22.3. The van der Waals surface area contributed by atoms with E-state index in [4.69, 9.17) is 0 Å². The molecule has 2 rings (SSSR count). The molecule has 1 aromatic carbocycles. The van der Waals surface area contributed by atoms with Gasteiger partial charge < -0.3 is 5.32 Å². The van der Waals surface area contributed by atoms with Crippen molar-refractivity contribution >= 4 is 23.6 Å². The van der Waals surface area contributed by atoms with Crippen LogP contribution in [0.4, 0.5) is 10.5 Å². The molecule has 0 saturated carbocycles. The summed E-state index contributed by atoms with van der Waals surface area (Å²) in [5.41, 5.74) is 3.46. The number of aromatic nitrogens is 2. The first-order valence-electron chi connectivity index (χ1n) is 5.64. The Labute approximate surface area is 115 Å². The zero-order chi connectivity index (χ0) is 14.0. The zero-order valence-electron chi connectivity index (χ0n) is 10.5. The standard InChI is InChI=1S/C13H13N3O2S/c1-7-3-4-9(10(5-7)14-13(18)19)12-8(2)6-11(17)15-16-12/h3-6H,1-2H3,(H,15,17)(H2,14,18,19). The largest absolute Gasteiger partial charge is 0.316 e. The number of aromatic amines is 1. The number of carbonyl (C=O) groups is 1. The van der Waals surface area contributed by atoms with Crippen LogP contribution in [0.25, 0.3) is 11.3 Å². The minimum atomic E-state index is -0.450.